The van der Waals surface area contributed by atoms with Gasteiger partial charge in [0.15, 0.2) is 0 Å². The van der Waals surface area contributed by atoms with E-state index in [1.54, 1.807) is 6.20 Å². The molecule has 0 spiro atoms. The number of pyridine rings is 1. The number of nitrogens with one attached hydrogen (secondary N) is 1. The van der Waals surface area contributed by atoms with Crippen LogP contribution in [0.4, 0.5) is 0 Å². The molecule has 1 saturated carbocycles. The lowest BCUT2D eigenvalue weighted by atomic mass is 10.2. The SMILES string of the molecule is Ic1cccc(Oc2cc(CNC3CC3)ccn2)c1. The van der Waals surface area contributed by atoms with Gasteiger partial charge in [0.2, 0.25) is 5.88 Å². The molecule has 2 aromatic rings. The fraction of sp³-hybridized carbons (Fsp3) is 0.267. The molecule has 0 amide bonds. The maximum Gasteiger partial charge on any atom is 0.219 e. The Morgan fingerprint density at radius 1 is 1.26 bits per heavy atom. The van der Waals surface area contributed by atoms with Crippen LogP contribution >= 0.6 is 22.6 Å². The van der Waals surface area contributed by atoms with E-state index in [2.05, 4.69) is 32.9 Å². The number of nitrogens with zero attached hydrogens (tertiary/aromatic N) is 1. The zero-order valence-electron chi connectivity index (χ0n) is 10.5. The van der Waals surface area contributed by atoms with Gasteiger partial charge >= 0.3 is 0 Å². The second kappa shape index (κ2) is 5.88. The first-order valence-electron chi connectivity index (χ1n) is 6.41. The van der Waals surface area contributed by atoms with E-state index >= 15 is 0 Å². The molecule has 0 unspecified atom stereocenters. The molecule has 1 aromatic carbocycles. The number of rotatable bonds is 5. The van der Waals surface area contributed by atoms with Crippen LogP contribution in [0.2, 0.25) is 0 Å². The van der Waals surface area contributed by atoms with Crippen molar-refractivity contribution in [2.45, 2.75) is 25.4 Å². The average Bonchev–Trinajstić information content (AvgIpc) is 3.21. The number of hydrogen-bond acceptors (Lipinski definition) is 3. The van der Waals surface area contributed by atoms with Crippen LogP contribution in [-0.2, 0) is 6.54 Å². The normalized spacial score (nSPS) is 14.4. The van der Waals surface area contributed by atoms with E-state index in [0.29, 0.717) is 11.9 Å². The van der Waals surface area contributed by atoms with Crippen LogP contribution in [0.5, 0.6) is 11.6 Å². The summed E-state index contributed by atoms with van der Waals surface area (Å²) in [6, 6.07) is 12.7. The fourth-order valence-corrected chi connectivity index (χ4v) is 2.33. The summed E-state index contributed by atoms with van der Waals surface area (Å²) in [5, 5.41) is 3.49. The zero-order valence-corrected chi connectivity index (χ0v) is 12.6. The van der Waals surface area contributed by atoms with Crippen LogP contribution in [0.15, 0.2) is 42.6 Å². The van der Waals surface area contributed by atoms with Crippen molar-refractivity contribution in [3.8, 4) is 11.6 Å². The van der Waals surface area contributed by atoms with Gasteiger partial charge in [0.05, 0.1) is 0 Å². The molecule has 0 saturated heterocycles. The molecule has 1 fully saturated rings. The third-order valence-electron chi connectivity index (χ3n) is 2.99. The lowest BCUT2D eigenvalue weighted by Gasteiger charge is -2.07. The van der Waals surface area contributed by atoms with Crippen LogP contribution in [0.3, 0.4) is 0 Å². The Kier molecular flexibility index (Phi) is 3.98. The number of halogens is 1. The summed E-state index contributed by atoms with van der Waals surface area (Å²) in [5.41, 5.74) is 1.21. The average molecular weight is 366 g/mol. The molecule has 4 heteroatoms. The van der Waals surface area contributed by atoms with Crippen LogP contribution < -0.4 is 10.1 Å². The summed E-state index contributed by atoms with van der Waals surface area (Å²) in [6.07, 6.45) is 4.40. The monoisotopic (exact) mass is 366 g/mol. The molecule has 19 heavy (non-hydrogen) atoms. The largest absolute Gasteiger partial charge is 0.439 e. The molecule has 3 rings (SSSR count). The summed E-state index contributed by atoms with van der Waals surface area (Å²) in [6.45, 7) is 0.885. The Morgan fingerprint density at radius 3 is 2.95 bits per heavy atom. The van der Waals surface area contributed by atoms with E-state index in [1.807, 2.05) is 36.4 Å². The summed E-state index contributed by atoms with van der Waals surface area (Å²) >= 11 is 2.27. The van der Waals surface area contributed by atoms with E-state index in [4.69, 9.17) is 4.74 Å². The summed E-state index contributed by atoms with van der Waals surface area (Å²) in [4.78, 5) is 4.25. The van der Waals surface area contributed by atoms with Crippen molar-refractivity contribution >= 4 is 22.6 Å². The molecule has 1 aliphatic carbocycles. The van der Waals surface area contributed by atoms with Crippen molar-refractivity contribution in [3.05, 3.63) is 51.7 Å². The maximum atomic E-state index is 5.78. The van der Waals surface area contributed by atoms with E-state index in [-0.39, 0.29) is 0 Å². The van der Waals surface area contributed by atoms with Crippen LogP contribution in [0.1, 0.15) is 18.4 Å². The fourth-order valence-electron chi connectivity index (χ4n) is 1.82. The molecule has 1 aliphatic rings. The van der Waals surface area contributed by atoms with E-state index in [1.165, 1.54) is 18.4 Å². The van der Waals surface area contributed by atoms with Gasteiger partial charge in [-0.3, -0.25) is 0 Å². The van der Waals surface area contributed by atoms with Crippen LogP contribution in [0.25, 0.3) is 0 Å². The van der Waals surface area contributed by atoms with E-state index in [0.717, 1.165) is 15.9 Å². The molecule has 98 valence electrons. The highest BCUT2D eigenvalue weighted by atomic mass is 127. The molecule has 1 aromatic heterocycles. The third-order valence-corrected chi connectivity index (χ3v) is 3.66. The molecular weight excluding hydrogens is 351 g/mol. The quantitative estimate of drug-likeness (QED) is 0.819. The van der Waals surface area contributed by atoms with Gasteiger partial charge in [0, 0.05) is 28.4 Å². The molecule has 1 heterocycles. The predicted molar refractivity (Wildman–Crippen MR) is 83.3 cm³/mol. The Hall–Kier alpha value is -1.14. The highest BCUT2D eigenvalue weighted by molar-refractivity contribution is 14.1. The van der Waals surface area contributed by atoms with Crippen molar-refractivity contribution < 1.29 is 4.74 Å². The Morgan fingerprint density at radius 2 is 2.16 bits per heavy atom. The maximum absolute atomic E-state index is 5.78. The smallest absolute Gasteiger partial charge is 0.219 e. The molecule has 3 nitrogen and oxygen atoms in total. The summed E-state index contributed by atoms with van der Waals surface area (Å²) in [7, 11) is 0. The lowest BCUT2D eigenvalue weighted by Crippen LogP contribution is -2.15. The molecule has 1 N–H and O–H groups in total. The molecular formula is C15H15IN2O. The van der Waals surface area contributed by atoms with Gasteiger partial charge in [-0.05, 0) is 65.3 Å². The number of ether oxygens (including phenoxy) is 1. The van der Waals surface area contributed by atoms with Gasteiger partial charge in [-0.1, -0.05) is 6.07 Å². The first-order valence-corrected chi connectivity index (χ1v) is 7.49. The first kappa shape index (κ1) is 12.9. The van der Waals surface area contributed by atoms with Crippen molar-refractivity contribution in [2.75, 3.05) is 0 Å². The number of benzene rings is 1. The lowest BCUT2D eigenvalue weighted by molar-refractivity contribution is 0.461. The van der Waals surface area contributed by atoms with Gasteiger partial charge in [-0.25, -0.2) is 4.98 Å². The van der Waals surface area contributed by atoms with Crippen molar-refractivity contribution in [1.82, 2.24) is 10.3 Å². The van der Waals surface area contributed by atoms with Crippen LogP contribution in [0, 0.1) is 3.57 Å². The zero-order chi connectivity index (χ0) is 13.1. The van der Waals surface area contributed by atoms with E-state index < -0.39 is 0 Å². The van der Waals surface area contributed by atoms with Crippen molar-refractivity contribution in [3.63, 3.8) is 0 Å². The third kappa shape index (κ3) is 3.91. The minimum atomic E-state index is 0.650. The van der Waals surface area contributed by atoms with Gasteiger partial charge in [0.25, 0.3) is 0 Å². The van der Waals surface area contributed by atoms with Gasteiger partial charge in [-0.15, -0.1) is 0 Å². The van der Waals surface area contributed by atoms with Gasteiger partial charge in [-0.2, -0.15) is 0 Å². The molecule has 0 bridgehead atoms. The van der Waals surface area contributed by atoms with E-state index in [9.17, 15) is 0 Å². The molecule has 0 atom stereocenters. The second-order valence-electron chi connectivity index (χ2n) is 4.72. The molecule has 0 radical (unpaired) electrons. The number of hydrogen-bond donors (Lipinski definition) is 1. The topological polar surface area (TPSA) is 34.1 Å². The minimum Gasteiger partial charge on any atom is -0.439 e. The second-order valence-corrected chi connectivity index (χ2v) is 5.96. The standard InChI is InChI=1S/C15H15IN2O/c16-12-2-1-3-14(9-12)19-15-8-11(6-7-17-15)10-18-13-4-5-13/h1-3,6-9,13,18H,4-5,10H2. The van der Waals surface area contributed by atoms with Crippen LogP contribution in [-0.4, -0.2) is 11.0 Å². The highest BCUT2D eigenvalue weighted by Crippen LogP contribution is 2.23. The van der Waals surface area contributed by atoms with Gasteiger partial charge in [0.1, 0.15) is 5.75 Å². The highest BCUT2D eigenvalue weighted by Gasteiger charge is 2.19. The number of aromatic nitrogens is 1. The Balaban J connectivity index is 1.67. The minimum absolute atomic E-state index is 0.650. The van der Waals surface area contributed by atoms with Crippen molar-refractivity contribution in [1.29, 1.82) is 0 Å². The summed E-state index contributed by atoms with van der Waals surface area (Å²) in [5.74, 6) is 1.48. The Labute approximate surface area is 126 Å². The summed E-state index contributed by atoms with van der Waals surface area (Å²) < 4.78 is 6.93. The van der Waals surface area contributed by atoms with Crippen molar-refractivity contribution in [2.24, 2.45) is 0 Å². The molecule has 0 aliphatic heterocycles. The van der Waals surface area contributed by atoms with Gasteiger partial charge < -0.3 is 10.1 Å². The first-order chi connectivity index (χ1) is 9.29. The Bertz CT molecular complexity index is 570. The predicted octanol–water partition coefficient (Wildman–Crippen LogP) is 3.73.